The first-order valence-electron chi connectivity index (χ1n) is 6.04. The smallest absolute Gasteiger partial charge is 0.0869 e. The Balaban J connectivity index is 2.59. The van der Waals surface area contributed by atoms with Gasteiger partial charge in [0, 0.05) is 45.4 Å². The highest BCUT2D eigenvalue weighted by molar-refractivity contribution is 4.93. The van der Waals surface area contributed by atoms with E-state index in [0.29, 0.717) is 6.54 Å². The molecule has 16 heavy (non-hydrogen) atoms. The summed E-state index contributed by atoms with van der Waals surface area (Å²) in [5.74, 6) is 0. The third kappa shape index (κ3) is 4.01. The van der Waals surface area contributed by atoms with Crippen molar-refractivity contribution in [2.45, 2.75) is 38.3 Å². The number of hydrogen-bond acceptors (Lipinski definition) is 4. The SMILES string of the molecule is COCCCN1CC(C)(O)CNCC1(C)C. The fourth-order valence-electron chi connectivity index (χ4n) is 2.21. The molecule has 0 aliphatic carbocycles. The van der Waals surface area contributed by atoms with Gasteiger partial charge in [-0.2, -0.15) is 0 Å². The van der Waals surface area contributed by atoms with E-state index in [-0.39, 0.29) is 5.54 Å². The first-order valence-corrected chi connectivity index (χ1v) is 6.04. The topological polar surface area (TPSA) is 44.7 Å². The Hall–Kier alpha value is -0.160. The molecule has 1 fully saturated rings. The quantitative estimate of drug-likeness (QED) is 0.689. The molecule has 96 valence electrons. The molecule has 1 unspecified atom stereocenters. The lowest BCUT2D eigenvalue weighted by molar-refractivity contribution is 0.00699. The Morgan fingerprint density at radius 1 is 1.31 bits per heavy atom. The van der Waals surface area contributed by atoms with Crippen LogP contribution < -0.4 is 5.32 Å². The van der Waals surface area contributed by atoms with E-state index in [1.54, 1.807) is 7.11 Å². The predicted octanol–water partition coefficient (Wildman–Crippen LogP) is 0.458. The van der Waals surface area contributed by atoms with Crippen LogP contribution in [0.15, 0.2) is 0 Å². The summed E-state index contributed by atoms with van der Waals surface area (Å²) in [6, 6.07) is 0. The molecule has 0 bridgehead atoms. The number of hydrogen-bond donors (Lipinski definition) is 2. The fraction of sp³-hybridized carbons (Fsp3) is 1.00. The highest BCUT2D eigenvalue weighted by Crippen LogP contribution is 2.20. The summed E-state index contributed by atoms with van der Waals surface area (Å²) < 4.78 is 5.08. The first-order chi connectivity index (χ1) is 7.37. The minimum atomic E-state index is -0.638. The molecule has 2 N–H and O–H groups in total. The molecule has 0 aromatic heterocycles. The van der Waals surface area contributed by atoms with E-state index in [1.165, 1.54) is 0 Å². The van der Waals surface area contributed by atoms with Crippen LogP contribution in [0.2, 0.25) is 0 Å². The largest absolute Gasteiger partial charge is 0.388 e. The van der Waals surface area contributed by atoms with Crippen molar-refractivity contribution in [3.05, 3.63) is 0 Å². The molecular weight excluding hydrogens is 204 g/mol. The van der Waals surface area contributed by atoms with E-state index in [2.05, 4.69) is 24.1 Å². The highest BCUT2D eigenvalue weighted by Gasteiger charge is 2.35. The van der Waals surface area contributed by atoms with Crippen molar-refractivity contribution >= 4 is 0 Å². The lowest BCUT2D eigenvalue weighted by Crippen LogP contribution is -2.51. The normalized spacial score (nSPS) is 31.3. The Bertz CT molecular complexity index is 217. The summed E-state index contributed by atoms with van der Waals surface area (Å²) in [7, 11) is 1.73. The average molecular weight is 230 g/mol. The zero-order chi connectivity index (χ0) is 12.2. The van der Waals surface area contributed by atoms with Gasteiger partial charge < -0.3 is 15.2 Å². The summed E-state index contributed by atoms with van der Waals surface area (Å²) >= 11 is 0. The third-order valence-corrected chi connectivity index (χ3v) is 3.23. The van der Waals surface area contributed by atoms with Gasteiger partial charge in [-0.15, -0.1) is 0 Å². The average Bonchev–Trinajstić information content (AvgIpc) is 2.24. The van der Waals surface area contributed by atoms with Crippen LogP contribution in [0.25, 0.3) is 0 Å². The summed E-state index contributed by atoms with van der Waals surface area (Å²) in [5, 5.41) is 13.5. The van der Waals surface area contributed by atoms with Crippen LogP contribution in [0.4, 0.5) is 0 Å². The molecule has 0 radical (unpaired) electrons. The molecule has 0 aromatic rings. The van der Waals surface area contributed by atoms with Gasteiger partial charge in [0.2, 0.25) is 0 Å². The molecule has 1 rings (SSSR count). The van der Waals surface area contributed by atoms with Crippen LogP contribution in [-0.4, -0.2) is 61.0 Å². The van der Waals surface area contributed by atoms with Crippen LogP contribution in [0.3, 0.4) is 0 Å². The standard InChI is InChI=1S/C12H26N2O2/c1-11(2)8-13-9-12(3,15)10-14(11)6-5-7-16-4/h13,15H,5-10H2,1-4H3. The number of β-amino-alcohol motifs (C(OH)–C–C–N with tert-alkyl or cyclic N) is 1. The second kappa shape index (κ2) is 5.45. The molecule has 0 saturated carbocycles. The van der Waals surface area contributed by atoms with E-state index >= 15 is 0 Å². The molecular formula is C12H26N2O2. The number of aliphatic hydroxyl groups is 1. The molecule has 0 amide bonds. The van der Waals surface area contributed by atoms with E-state index in [0.717, 1.165) is 32.7 Å². The number of ether oxygens (including phenoxy) is 1. The third-order valence-electron chi connectivity index (χ3n) is 3.23. The summed E-state index contributed by atoms with van der Waals surface area (Å²) in [5.41, 5.74) is -0.547. The summed E-state index contributed by atoms with van der Waals surface area (Å²) in [4.78, 5) is 2.35. The van der Waals surface area contributed by atoms with E-state index in [4.69, 9.17) is 4.74 Å². The Morgan fingerprint density at radius 3 is 2.62 bits per heavy atom. The Kier molecular flexibility index (Phi) is 4.73. The first kappa shape index (κ1) is 13.9. The van der Waals surface area contributed by atoms with Gasteiger partial charge in [0.15, 0.2) is 0 Å². The molecule has 1 heterocycles. The van der Waals surface area contributed by atoms with Crippen molar-refractivity contribution in [3.8, 4) is 0 Å². The van der Waals surface area contributed by atoms with Gasteiger partial charge in [-0.25, -0.2) is 0 Å². The molecule has 4 heteroatoms. The van der Waals surface area contributed by atoms with Gasteiger partial charge >= 0.3 is 0 Å². The fourth-order valence-corrected chi connectivity index (χ4v) is 2.21. The minimum Gasteiger partial charge on any atom is -0.388 e. The zero-order valence-corrected chi connectivity index (χ0v) is 11.0. The Morgan fingerprint density at radius 2 is 2.00 bits per heavy atom. The zero-order valence-electron chi connectivity index (χ0n) is 11.0. The number of nitrogens with zero attached hydrogens (tertiary/aromatic N) is 1. The van der Waals surface area contributed by atoms with Crippen molar-refractivity contribution in [1.82, 2.24) is 10.2 Å². The van der Waals surface area contributed by atoms with Crippen molar-refractivity contribution in [2.24, 2.45) is 0 Å². The Labute approximate surface area is 99.0 Å². The number of methoxy groups -OCH3 is 1. The lowest BCUT2D eigenvalue weighted by atomic mass is 10.0. The molecule has 4 nitrogen and oxygen atoms in total. The monoisotopic (exact) mass is 230 g/mol. The van der Waals surface area contributed by atoms with Gasteiger partial charge in [0.25, 0.3) is 0 Å². The molecule has 0 aromatic carbocycles. The van der Waals surface area contributed by atoms with Gasteiger partial charge in [0.1, 0.15) is 0 Å². The van der Waals surface area contributed by atoms with Crippen LogP contribution >= 0.6 is 0 Å². The van der Waals surface area contributed by atoms with Crippen LogP contribution in [0, 0.1) is 0 Å². The molecule has 1 atom stereocenters. The molecule has 1 saturated heterocycles. The predicted molar refractivity (Wildman–Crippen MR) is 65.6 cm³/mol. The van der Waals surface area contributed by atoms with E-state index < -0.39 is 5.60 Å². The summed E-state index contributed by atoms with van der Waals surface area (Å²) in [6.45, 7) is 10.4. The van der Waals surface area contributed by atoms with Crippen molar-refractivity contribution < 1.29 is 9.84 Å². The van der Waals surface area contributed by atoms with Gasteiger partial charge in [-0.05, 0) is 27.2 Å². The summed E-state index contributed by atoms with van der Waals surface area (Å²) in [6.07, 6.45) is 1.01. The van der Waals surface area contributed by atoms with Gasteiger partial charge in [-0.1, -0.05) is 0 Å². The second-order valence-electron chi connectivity index (χ2n) is 5.68. The van der Waals surface area contributed by atoms with Crippen LogP contribution in [-0.2, 0) is 4.74 Å². The maximum atomic E-state index is 10.2. The van der Waals surface area contributed by atoms with Crippen molar-refractivity contribution in [3.63, 3.8) is 0 Å². The van der Waals surface area contributed by atoms with Gasteiger partial charge in [0.05, 0.1) is 5.60 Å². The van der Waals surface area contributed by atoms with Crippen molar-refractivity contribution in [1.29, 1.82) is 0 Å². The molecule has 1 aliphatic heterocycles. The van der Waals surface area contributed by atoms with Crippen LogP contribution in [0.5, 0.6) is 0 Å². The maximum absolute atomic E-state index is 10.2. The van der Waals surface area contributed by atoms with Crippen LogP contribution in [0.1, 0.15) is 27.2 Å². The second-order valence-corrected chi connectivity index (χ2v) is 5.68. The maximum Gasteiger partial charge on any atom is 0.0869 e. The van der Waals surface area contributed by atoms with E-state index in [9.17, 15) is 5.11 Å². The lowest BCUT2D eigenvalue weighted by Gasteiger charge is -2.38. The molecule has 1 aliphatic rings. The minimum absolute atomic E-state index is 0.0915. The molecule has 0 spiro atoms. The number of nitrogens with one attached hydrogen (secondary N) is 1. The highest BCUT2D eigenvalue weighted by atomic mass is 16.5. The van der Waals surface area contributed by atoms with Crippen molar-refractivity contribution in [2.75, 3.05) is 39.9 Å². The number of rotatable bonds is 4. The van der Waals surface area contributed by atoms with Gasteiger partial charge in [-0.3, -0.25) is 4.90 Å². The van der Waals surface area contributed by atoms with E-state index in [1.807, 2.05) is 6.92 Å².